The minimum absolute atomic E-state index is 0.257. The predicted octanol–water partition coefficient (Wildman–Crippen LogP) is 4.40. The Balaban J connectivity index is 1.66. The fraction of sp³-hybridized carbons (Fsp3) is 0. The number of hydrogen-bond acceptors (Lipinski definition) is 4. The van der Waals surface area contributed by atoms with Crippen LogP contribution in [0.2, 0.25) is 0 Å². The summed E-state index contributed by atoms with van der Waals surface area (Å²) in [4.78, 5) is 5.35. The van der Waals surface area contributed by atoms with Crippen molar-refractivity contribution in [3.05, 3.63) is 72.2 Å². The van der Waals surface area contributed by atoms with E-state index in [0.29, 0.717) is 5.13 Å². The van der Waals surface area contributed by atoms with Crippen LogP contribution in [0.3, 0.4) is 0 Å². The topological polar surface area (TPSA) is 37.3 Å². The van der Waals surface area contributed by atoms with Crippen molar-refractivity contribution < 1.29 is 4.39 Å². The maximum Gasteiger partial charge on any atom is 0.203 e. The highest BCUT2D eigenvalue weighted by molar-refractivity contribution is 7.18. The highest BCUT2D eigenvalue weighted by Gasteiger charge is 2.02. The van der Waals surface area contributed by atoms with Gasteiger partial charge in [-0.15, -0.1) is 0 Å². The molecule has 0 radical (unpaired) electrons. The second kappa shape index (κ2) is 6.28. The number of anilines is 1. The average molecular weight is 297 g/mol. The minimum atomic E-state index is -0.257. The molecular formula is C16H12FN3S. The Bertz CT molecular complexity index is 736. The molecule has 1 aromatic heterocycles. The van der Waals surface area contributed by atoms with E-state index < -0.39 is 0 Å². The monoisotopic (exact) mass is 297 g/mol. The number of hydrazone groups is 1. The van der Waals surface area contributed by atoms with Gasteiger partial charge in [-0.2, -0.15) is 5.10 Å². The van der Waals surface area contributed by atoms with E-state index in [1.54, 1.807) is 18.3 Å². The lowest BCUT2D eigenvalue weighted by Crippen LogP contribution is -1.89. The number of hydrogen-bond donors (Lipinski definition) is 1. The molecular weight excluding hydrogens is 285 g/mol. The van der Waals surface area contributed by atoms with Crippen molar-refractivity contribution in [1.82, 2.24) is 4.98 Å². The van der Waals surface area contributed by atoms with Gasteiger partial charge in [-0.05, 0) is 23.3 Å². The van der Waals surface area contributed by atoms with Crippen molar-refractivity contribution in [3.8, 4) is 10.4 Å². The van der Waals surface area contributed by atoms with Crippen molar-refractivity contribution in [3.63, 3.8) is 0 Å². The van der Waals surface area contributed by atoms with E-state index in [1.807, 2.05) is 36.5 Å². The van der Waals surface area contributed by atoms with E-state index in [-0.39, 0.29) is 5.82 Å². The summed E-state index contributed by atoms with van der Waals surface area (Å²) in [5, 5.41) is 4.81. The van der Waals surface area contributed by atoms with Gasteiger partial charge in [-0.25, -0.2) is 9.37 Å². The molecule has 0 amide bonds. The van der Waals surface area contributed by atoms with Gasteiger partial charge in [-0.1, -0.05) is 53.8 Å². The van der Waals surface area contributed by atoms with Crippen LogP contribution in [0.15, 0.2) is 65.9 Å². The molecule has 21 heavy (non-hydrogen) atoms. The molecule has 3 nitrogen and oxygen atoms in total. The Morgan fingerprint density at radius 2 is 1.81 bits per heavy atom. The number of nitrogens with one attached hydrogen (secondary N) is 1. The summed E-state index contributed by atoms with van der Waals surface area (Å²) >= 11 is 1.53. The largest absolute Gasteiger partial charge is 0.253 e. The molecule has 1 heterocycles. The zero-order valence-electron chi connectivity index (χ0n) is 11.0. The van der Waals surface area contributed by atoms with Gasteiger partial charge in [0.05, 0.1) is 11.1 Å². The zero-order valence-corrected chi connectivity index (χ0v) is 11.8. The van der Waals surface area contributed by atoms with Gasteiger partial charge in [-0.3, -0.25) is 5.43 Å². The lowest BCUT2D eigenvalue weighted by Gasteiger charge is -1.95. The molecule has 3 aromatic rings. The molecule has 0 fully saturated rings. The third kappa shape index (κ3) is 3.52. The van der Waals surface area contributed by atoms with Crippen LogP contribution in [-0.2, 0) is 0 Å². The molecule has 0 aliphatic heterocycles. The second-order valence-corrected chi connectivity index (χ2v) is 5.35. The normalized spacial score (nSPS) is 10.9. The van der Waals surface area contributed by atoms with Crippen LogP contribution in [0, 0.1) is 5.82 Å². The molecule has 0 saturated carbocycles. The van der Waals surface area contributed by atoms with E-state index in [9.17, 15) is 4.39 Å². The van der Waals surface area contributed by atoms with E-state index >= 15 is 0 Å². The number of halogens is 1. The van der Waals surface area contributed by atoms with Crippen LogP contribution in [0.1, 0.15) is 5.56 Å². The highest BCUT2D eigenvalue weighted by Crippen LogP contribution is 2.28. The maximum atomic E-state index is 12.8. The third-order valence-corrected chi connectivity index (χ3v) is 3.76. The summed E-state index contributed by atoms with van der Waals surface area (Å²) in [6, 6.07) is 16.2. The van der Waals surface area contributed by atoms with E-state index in [0.717, 1.165) is 16.0 Å². The van der Waals surface area contributed by atoms with Gasteiger partial charge in [0.2, 0.25) is 5.13 Å². The fourth-order valence-electron chi connectivity index (χ4n) is 1.77. The summed E-state index contributed by atoms with van der Waals surface area (Å²) < 4.78 is 12.8. The van der Waals surface area contributed by atoms with E-state index in [4.69, 9.17) is 0 Å². The first-order valence-corrected chi connectivity index (χ1v) is 7.19. The van der Waals surface area contributed by atoms with Crippen molar-refractivity contribution >= 4 is 22.7 Å². The maximum absolute atomic E-state index is 12.8. The summed E-state index contributed by atoms with van der Waals surface area (Å²) in [7, 11) is 0. The van der Waals surface area contributed by atoms with Crippen LogP contribution >= 0.6 is 11.3 Å². The van der Waals surface area contributed by atoms with Gasteiger partial charge < -0.3 is 0 Å². The molecule has 0 atom stereocenters. The van der Waals surface area contributed by atoms with E-state index in [2.05, 4.69) is 15.5 Å². The molecule has 0 bridgehead atoms. The number of thiazole rings is 1. The van der Waals surface area contributed by atoms with Crippen LogP contribution in [0.5, 0.6) is 0 Å². The van der Waals surface area contributed by atoms with Crippen molar-refractivity contribution in [2.75, 3.05) is 5.43 Å². The molecule has 0 aliphatic carbocycles. The predicted molar refractivity (Wildman–Crippen MR) is 85.2 cm³/mol. The molecule has 1 N–H and O–H groups in total. The van der Waals surface area contributed by atoms with Gasteiger partial charge in [0.1, 0.15) is 5.82 Å². The van der Waals surface area contributed by atoms with Crippen molar-refractivity contribution in [2.24, 2.45) is 5.10 Å². The summed E-state index contributed by atoms with van der Waals surface area (Å²) in [5.74, 6) is -0.257. The number of nitrogens with zero attached hydrogens (tertiary/aromatic N) is 2. The first-order chi connectivity index (χ1) is 10.3. The Morgan fingerprint density at radius 1 is 1.05 bits per heavy atom. The van der Waals surface area contributed by atoms with Crippen LogP contribution in [0.25, 0.3) is 10.4 Å². The van der Waals surface area contributed by atoms with Crippen molar-refractivity contribution in [1.29, 1.82) is 0 Å². The molecule has 0 unspecified atom stereocenters. The van der Waals surface area contributed by atoms with Crippen LogP contribution in [-0.4, -0.2) is 11.2 Å². The smallest absolute Gasteiger partial charge is 0.203 e. The molecule has 0 aliphatic rings. The molecule has 5 heteroatoms. The lowest BCUT2D eigenvalue weighted by atomic mass is 10.2. The minimum Gasteiger partial charge on any atom is -0.253 e. The fourth-order valence-corrected chi connectivity index (χ4v) is 2.54. The Labute approximate surface area is 125 Å². The molecule has 0 spiro atoms. The summed E-state index contributed by atoms with van der Waals surface area (Å²) in [5.41, 5.74) is 4.83. The zero-order chi connectivity index (χ0) is 14.5. The first kappa shape index (κ1) is 13.5. The standard InChI is InChI=1S/C16H12FN3S/c17-14-8-6-12(7-9-14)10-19-20-16-18-11-15(21-16)13-4-2-1-3-5-13/h1-11H,(H,18,20). The summed E-state index contributed by atoms with van der Waals surface area (Å²) in [6.07, 6.45) is 3.44. The Kier molecular flexibility index (Phi) is 4.02. The quantitative estimate of drug-likeness (QED) is 0.572. The lowest BCUT2D eigenvalue weighted by molar-refractivity contribution is 0.628. The van der Waals surface area contributed by atoms with Gasteiger partial charge in [0.25, 0.3) is 0 Å². The first-order valence-electron chi connectivity index (χ1n) is 6.37. The number of benzene rings is 2. The van der Waals surface area contributed by atoms with Crippen LogP contribution in [0.4, 0.5) is 9.52 Å². The van der Waals surface area contributed by atoms with Gasteiger partial charge in [0, 0.05) is 6.20 Å². The Hall–Kier alpha value is -2.53. The highest BCUT2D eigenvalue weighted by atomic mass is 32.1. The molecule has 0 saturated heterocycles. The molecule has 104 valence electrons. The van der Waals surface area contributed by atoms with Gasteiger partial charge >= 0.3 is 0 Å². The van der Waals surface area contributed by atoms with E-state index in [1.165, 1.54) is 23.5 Å². The number of rotatable bonds is 4. The Morgan fingerprint density at radius 3 is 2.57 bits per heavy atom. The SMILES string of the molecule is Fc1ccc(C=NNc2ncc(-c3ccccc3)s2)cc1. The third-order valence-electron chi connectivity index (χ3n) is 2.81. The molecule has 3 rings (SSSR count). The van der Waals surface area contributed by atoms with Crippen LogP contribution < -0.4 is 5.43 Å². The molecule has 2 aromatic carbocycles. The second-order valence-electron chi connectivity index (χ2n) is 4.32. The summed E-state index contributed by atoms with van der Waals surface area (Å²) in [6.45, 7) is 0. The van der Waals surface area contributed by atoms with Gasteiger partial charge in [0.15, 0.2) is 0 Å². The van der Waals surface area contributed by atoms with Crippen molar-refractivity contribution in [2.45, 2.75) is 0 Å². The average Bonchev–Trinajstić information content (AvgIpc) is 2.99. The number of aromatic nitrogens is 1.